The highest BCUT2D eigenvalue weighted by atomic mass is 32.1. The highest BCUT2D eigenvalue weighted by Gasteiger charge is 2.05. The molecule has 0 saturated heterocycles. The summed E-state index contributed by atoms with van der Waals surface area (Å²) in [4.78, 5) is 4.57. The lowest BCUT2D eigenvalue weighted by molar-refractivity contribution is 0.410. The highest BCUT2D eigenvalue weighted by Crippen LogP contribution is 2.24. The molecule has 2 aromatic carbocycles. The Bertz CT molecular complexity index is 722. The van der Waals surface area contributed by atoms with Gasteiger partial charge >= 0.3 is 0 Å². The molecule has 0 bridgehead atoms. The van der Waals surface area contributed by atoms with E-state index in [2.05, 4.69) is 16.4 Å². The van der Waals surface area contributed by atoms with Gasteiger partial charge in [0.15, 0.2) is 0 Å². The number of methoxy groups -OCH3 is 1. The van der Waals surface area contributed by atoms with Crippen LogP contribution >= 0.6 is 11.3 Å². The number of aromatic nitrogens is 1. The first-order valence-electron chi connectivity index (χ1n) is 6.67. The van der Waals surface area contributed by atoms with Gasteiger partial charge in [0.2, 0.25) is 0 Å². The van der Waals surface area contributed by atoms with E-state index in [0.717, 1.165) is 21.8 Å². The van der Waals surface area contributed by atoms with Gasteiger partial charge in [0, 0.05) is 18.7 Å². The van der Waals surface area contributed by atoms with Crippen LogP contribution in [0.5, 0.6) is 11.5 Å². The smallest absolute Gasteiger partial charge is 0.120 e. The third kappa shape index (κ3) is 3.15. The standard InChI is InChI=1S/C16H16N2O2S/c1-20-12-6-7-14(19)11(8-12)9-17-10-16-18-13-4-2-3-5-15(13)21-16/h2-8,17,19H,9-10H2,1H3. The number of ether oxygens (including phenoxy) is 1. The molecule has 0 spiro atoms. The first-order chi connectivity index (χ1) is 10.3. The van der Waals surface area contributed by atoms with Crippen molar-refractivity contribution in [2.75, 3.05) is 7.11 Å². The van der Waals surface area contributed by atoms with E-state index < -0.39 is 0 Å². The van der Waals surface area contributed by atoms with E-state index in [0.29, 0.717) is 13.1 Å². The maximum atomic E-state index is 9.83. The fourth-order valence-electron chi connectivity index (χ4n) is 2.13. The zero-order valence-corrected chi connectivity index (χ0v) is 12.5. The average molecular weight is 300 g/mol. The molecular weight excluding hydrogens is 284 g/mol. The zero-order chi connectivity index (χ0) is 14.7. The zero-order valence-electron chi connectivity index (χ0n) is 11.7. The van der Waals surface area contributed by atoms with Crippen molar-refractivity contribution in [3.05, 3.63) is 53.0 Å². The lowest BCUT2D eigenvalue weighted by Gasteiger charge is -2.07. The molecule has 21 heavy (non-hydrogen) atoms. The Labute approximate surface area is 127 Å². The molecule has 5 heteroatoms. The molecule has 4 nitrogen and oxygen atoms in total. The minimum absolute atomic E-state index is 0.271. The second-order valence-electron chi connectivity index (χ2n) is 4.67. The normalized spacial score (nSPS) is 10.9. The van der Waals surface area contributed by atoms with Gasteiger partial charge in [-0.2, -0.15) is 0 Å². The molecule has 0 fully saturated rings. The Morgan fingerprint density at radius 1 is 1.19 bits per heavy atom. The van der Waals surface area contributed by atoms with Crippen LogP contribution in [0.15, 0.2) is 42.5 Å². The first-order valence-corrected chi connectivity index (χ1v) is 7.49. The summed E-state index contributed by atoms with van der Waals surface area (Å²) in [5, 5.41) is 14.2. The number of thiazole rings is 1. The Morgan fingerprint density at radius 2 is 2.05 bits per heavy atom. The van der Waals surface area contributed by atoms with Crippen molar-refractivity contribution in [2.24, 2.45) is 0 Å². The van der Waals surface area contributed by atoms with E-state index in [-0.39, 0.29) is 5.75 Å². The molecule has 2 N–H and O–H groups in total. The molecule has 0 radical (unpaired) electrons. The molecule has 0 atom stereocenters. The Kier molecular flexibility index (Phi) is 4.03. The summed E-state index contributed by atoms with van der Waals surface area (Å²) in [6.07, 6.45) is 0. The number of para-hydroxylation sites is 1. The van der Waals surface area contributed by atoms with Crippen molar-refractivity contribution in [3.63, 3.8) is 0 Å². The van der Waals surface area contributed by atoms with Crippen LogP contribution in [0.3, 0.4) is 0 Å². The molecule has 3 aromatic rings. The Balaban J connectivity index is 1.65. The maximum Gasteiger partial charge on any atom is 0.120 e. The Morgan fingerprint density at radius 3 is 2.86 bits per heavy atom. The van der Waals surface area contributed by atoms with Crippen molar-refractivity contribution >= 4 is 21.6 Å². The summed E-state index contributed by atoms with van der Waals surface area (Å²) in [6, 6.07) is 13.3. The molecule has 108 valence electrons. The van der Waals surface area contributed by atoms with Crippen molar-refractivity contribution in [3.8, 4) is 11.5 Å². The fraction of sp³-hybridized carbons (Fsp3) is 0.188. The predicted octanol–water partition coefficient (Wildman–Crippen LogP) is 3.30. The van der Waals surface area contributed by atoms with E-state index in [4.69, 9.17) is 4.74 Å². The Hall–Kier alpha value is -2.11. The number of benzene rings is 2. The number of nitrogens with zero attached hydrogens (tertiary/aromatic N) is 1. The molecule has 0 aliphatic heterocycles. The fourth-order valence-corrected chi connectivity index (χ4v) is 3.07. The summed E-state index contributed by atoms with van der Waals surface area (Å²) >= 11 is 1.68. The lowest BCUT2D eigenvalue weighted by atomic mass is 10.2. The molecule has 0 unspecified atom stereocenters. The number of rotatable bonds is 5. The molecule has 3 rings (SSSR count). The summed E-state index contributed by atoms with van der Waals surface area (Å²) in [6.45, 7) is 1.24. The minimum Gasteiger partial charge on any atom is -0.508 e. The van der Waals surface area contributed by atoms with Gasteiger partial charge in [-0.3, -0.25) is 0 Å². The van der Waals surface area contributed by atoms with Gasteiger partial charge < -0.3 is 15.2 Å². The van der Waals surface area contributed by atoms with Gasteiger partial charge in [0.1, 0.15) is 16.5 Å². The molecule has 1 heterocycles. The minimum atomic E-state index is 0.271. The second kappa shape index (κ2) is 6.11. The third-order valence-corrected chi connectivity index (χ3v) is 4.25. The lowest BCUT2D eigenvalue weighted by Crippen LogP contribution is -2.12. The number of hydrogen-bond donors (Lipinski definition) is 2. The van der Waals surface area contributed by atoms with Gasteiger partial charge in [0.05, 0.1) is 17.3 Å². The van der Waals surface area contributed by atoms with Crippen LogP contribution in [0.25, 0.3) is 10.2 Å². The van der Waals surface area contributed by atoms with Crippen molar-refractivity contribution in [1.82, 2.24) is 10.3 Å². The highest BCUT2D eigenvalue weighted by molar-refractivity contribution is 7.18. The molecule has 0 aliphatic rings. The van der Waals surface area contributed by atoms with Gasteiger partial charge in [0.25, 0.3) is 0 Å². The number of aromatic hydroxyl groups is 1. The number of nitrogens with one attached hydrogen (secondary N) is 1. The van der Waals surface area contributed by atoms with Crippen LogP contribution in [0.4, 0.5) is 0 Å². The van der Waals surface area contributed by atoms with Gasteiger partial charge in [-0.05, 0) is 30.3 Å². The SMILES string of the molecule is COc1ccc(O)c(CNCc2nc3ccccc3s2)c1. The van der Waals surface area contributed by atoms with Crippen LogP contribution in [-0.4, -0.2) is 17.2 Å². The van der Waals surface area contributed by atoms with E-state index >= 15 is 0 Å². The number of fused-ring (bicyclic) bond motifs is 1. The van der Waals surface area contributed by atoms with Gasteiger partial charge in [-0.15, -0.1) is 11.3 Å². The maximum absolute atomic E-state index is 9.83. The summed E-state index contributed by atoms with van der Waals surface area (Å²) < 4.78 is 6.36. The van der Waals surface area contributed by atoms with E-state index in [1.807, 2.05) is 24.3 Å². The van der Waals surface area contributed by atoms with Crippen molar-refractivity contribution < 1.29 is 9.84 Å². The van der Waals surface area contributed by atoms with Crippen LogP contribution in [0.2, 0.25) is 0 Å². The van der Waals surface area contributed by atoms with Crippen LogP contribution in [0.1, 0.15) is 10.6 Å². The molecule has 0 amide bonds. The quantitative estimate of drug-likeness (QED) is 0.759. The van der Waals surface area contributed by atoms with E-state index in [9.17, 15) is 5.11 Å². The van der Waals surface area contributed by atoms with Gasteiger partial charge in [-0.25, -0.2) is 4.98 Å². The largest absolute Gasteiger partial charge is 0.508 e. The average Bonchev–Trinajstić information content (AvgIpc) is 2.92. The third-order valence-electron chi connectivity index (χ3n) is 3.22. The monoisotopic (exact) mass is 300 g/mol. The molecular formula is C16H16N2O2S. The van der Waals surface area contributed by atoms with Crippen molar-refractivity contribution in [1.29, 1.82) is 0 Å². The number of phenolic OH excluding ortho intramolecular Hbond substituents is 1. The van der Waals surface area contributed by atoms with Crippen LogP contribution < -0.4 is 10.1 Å². The van der Waals surface area contributed by atoms with Crippen molar-refractivity contribution in [2.45, 2.75) is 13.1 Å². The first kappa shape index (κ1) is 13.9. The summed E-state index contributed by atoms with van der Waals surface area (Å²) in [7, 11) is 1.62. The predicted molar refractivity (Wildman–Crippen MR) is 84.8 cm³/mol. The molecule has 0 saturated carbocycles. The summed E-state index contributed by atoms with van der Waals surface area (Å²) in [5.74, 6) is 1.01. The van der Waals surface area contributed by atoms with Crippen LogP contribution in [-0.2, 0) is 13.1 Å². The van der Waals surface area contributed by atoms with Crippen LogP contribution in [0, 0.1) is 0 Å². The van der Waals surface area contributed by atoms with E-state index in [1.54, 1.807) is 30.6 Å². The molecule has 1 aromatic heterocycles. The molecule has 0 aliphatic carbocycles. The second-order valence-corrected chi connectivity index (χ2v) is 5.79. The summed E-state index contributed by atoms with van der Waals surface area (Å²) in [5.41, 5.74) is 1.85. The number of hydrogen-bond acceptors (Lipinski definition) is 5. The van der Waals surface area contributed by atoms with Gasteiger partial charge in [-0.1, -0.05) is 12.1 Å². The number of phenols is 1. The topological polar surface area (TPSA) is 54.4 Å². The van der Waals surface area contributed by atoms with E-state index in [1.165, 1.54) is 4.70 Å².